The molecule has 0 saturated carbocycles. The van der Waals surface area contributed by atoms with Crippen molar-refractivity contribution in [3.05, 3.63) is 59.7 Å². The molecule has 0 saturated heterocycles. The van der Waals surface area contributed by atoms with Gasteiger partial charge < -0.3 is 15.6 Å². The highest BCUT2D eigenvalue weighted by Gasteiger charge is 2.09. The number of anilines is 1. The summed E-state index contributed by atoms with van der Waals surface area (Å²) in [5.74, 6) is -0.394. The number of hydrogen-bond acceptors (Lipinski definition) is 3. The number of rotatable bonds is 5. The molecule has 0 unspecified atom stereocenters. The molecule has 0 aliphatic rings. The lowest BCUT2D eigenvalue weighted by molar-refractivity contribution is -0.136. The lowest BCUT2D eigenvalue weighted by atomic mass is 10.1. The Kier molecular flexibility index (Phi) is 4.03. The Balaban J connectivity index is 2.10. The maximum absolute atomic E-state index is 10.7. The van der Waals surface area contributed by atoms with E-state index in [0.29, 0.717) is 23.6 Å². The largest absolute Gasteiger partial charge is 0.487 e. The van der Waals surface area contributed by atoms with Crippen molar-refractivity contribution >= 4 is 11.7 Å². The molecule has 2 aromatic carbocycles. The van der Waals surface area contributed by atoms with Gasteiger partial charge in [0.25, 0.3) is 0 Å². The molecular formula is C15H15NO3. The summed E-state index contributed by atoms with van der Waals surface area (Å²) in [5.41, 5.74) is 7.90. The Morgan fingerprint density at radius 2 is 1.84 bits per heavy atom. The number of para-hydroxylation sites is 1. The van der Waals surface area contributed by atoms with E-state index in [2.05, 4.69) is 0 Å². The number of hydrogen-bond donors (Lipinski definition) is 2. The Morgan fingerprint density at radius 3 is 2.53 bits per heavy atom. The van der Waals surface area contributed by atoms with Gasteiger partial charge in [-0.05, 0) is 17.2 Å². The van der Waals surface area contributed by atoms with Crippen molar-refractivity contribution < 1.29 is 14.6 Å². The van der Waals surface area contributed by atoms with Crippen LogP contribution in [0.5, 0.6) is 5.75 Å². The summed E-state index contributed by atoms with van der Waals surface area (Å²) in [6.07, 6.45) is -0.103. The molecule has 0 amide bonds. The summed E-state index contributed by atoms with van der Waals surface area (Å²) in [5, 5.41) is 8.79. The van der Waals surface area contributed by atoms with E-state index < -0.39 is 5.97 Å². The van der Waals surface area contributed by atoms with Gasteiger partial charge in [0, 0.05) is 0 Å². The van der Waals surface area contributed by atoms with Crippen LogP contribution in [0, 0.1) is 0 Å². The van der Waals surface area contributed by atoms with E-state index in [4.69, 9.17) is 15.6 Å². The zero-order valence-electron chi connectivity index (χ0n) is 10.4. The van der Waals surface area contributed by atoms with Crippen LogP contribution in [0.15, 0.2) is 48.5 Å². The van der Waals surface area contributed by atoms with Crippen molar-refractivity contribution in [3.63, 3.8) is 0 Å². The fourth-order valence-corrected chi connectivity index (χ4v) is 1.77. The van der Waals surface area contributed by atoms with Gasteiger partial charge in [-0.1, -0.05) is 42.5 Å². The molecule has 0 spiro atoms. The topological polar surface area (TPSA) is 72.6 Å². The zero-order valence-corrected chi connectivity index (χ0v) is 10.4. The Hall–Kier alpha value is -2.49. The second-order valence-corrected chi connectivity index (χ2v) is 4.17. The maximum atomic E-state index is 10.7. The molecular weight excluding hydrogens is 242 g/mol. The molecule has 2 rings (SSSR count). The smallest absolute Gasteiger partial charge is 0.307 e. The predicted molar refractivity (Wildman–Crippen MR) is 73.0 cm³/mol. The highest BCUT2D eigenvalue weighted by atomic mass is 16.5. The van der Waals surface area contributed by atoms with Crippen molar-refractivity contribution in [2.75, 3.05) is 5.73 Å². The molecule has 4 heteroatoms. The van der Waals surface area contributed by atoms with Gasteiger partial charge in [-0.15, -0.1) is 0 Å². The maximum Gasteiger partial charge on any atom is 0.307 e. The van der Waals surface area contributed by atoms with Gasteiger partial charge in [0.15, 0.2) is 0 Å². The summed E-state index contributed by atoms with van der Waals surface area (Å²) in [4.78, 5) is 10.7. The predicted octanol–water partition coefficient (Wildman–Crippen LogP) is 2.47. The summed E-state index contributed by atoms with van der Waals surface area (Å²) in [7, 11) is 0. The first kappa shape index (κ1) is 13.0. The molecule has 0 fully saturated rings. The van der Waals surface area contributed by atoms with Gasteiger partial charge in [-0.25, -0.2) is 0 Å². The van der Waals surface area contributed by atoms with Gasteiger partial charge in [0.1, 0.15) is 12.4 Å². The third kappa shape index (κ3) is 3.48. The third-order valence-corrected chi connectivity index (χ3v) is 2.74. The average Bonchev–Trinajstić information content (AvgIpc) is 2.40. The number of carboxylic acid groups (broad SMARTS) is 1. The normalized spacial score (nSPS) is 10.1. The molecule has 0 radical (unpaired) electrons. The fraction of sp³-hybridized carbons (Fsp3) is 0.133. The van der Waals surface area contributed by atoms with Crippen LogP contribution in [0.25, 0.3) is 0 Å². The van der Waals surface area contributed by atoms with Gasteiger partial charge in [0.2, 0.25) is 0 Å². The van der Waals surface area contributed by atoms with Gasteiger partial charge >= 0.3 is 5.97 Å². The highest BCUT2D eigenvalue weighted by molar-refractivity contribution is 5.74. The minimum Gasteiger partial charge on any atom is -0.487 e. The number of benzene rings is 2. The van der Waals surface area contributed by atoms with E-state index in [9.17, 15) is 4.79 Å². The van der Waals surface area contributed by atoms with E-state index in [-0.39, 0.29) is 6.42 Å². The number of carboxylic acids is 1. The number of aliphatic carboxylic acids is 1. The van der Waals surface area contributed by atoms with E-state index in [1.165, 1.54) is 0 Å². The molecule has 4 nitrogen and oxygen atoms in total. The molecule has 2 aromatic rings. The fourth-order valence-electron chi connectivity index (χ4n) is 1.77. The number of ether oxygens (including phenoxy) is 1. The lowest BCUT2D eigenvalue weighted by Gasteiger charge is -2.11. The molecule has 0 aliphatic carbocycles. The molecule has 0 aliphatic heterocycles. The monoisotopic (exact) mass is 257 g/mol. The van der Waals surface area contributed by atoms with Crippen LogP contribution in [0.1, 0.15) is 11.1 Å². The van der Waals surface area contributed by atoms with Gasteiger partial charge in [-0.3, -0.25) is 4.79 Å². The van der Waals surface area contributed by atoms with Crippen LogP contribution in [-0.2, 0) is 17.8 Å². The summed E-state index contributed by atoms with van der Waals surface area (Å²) >= 11 is 0. The number of nitrogens with two attached hydrogens (primary N) is 1. The average molecular weight is 257 g/mol. The molecule has 19 heavy (non-hydrogen) atoms. The second kappa shape index (κ2) is 5.91. The van der Waals surface area contributed by atoms with Crippen LogP contribution < -0.4 is 10.5 Å². The van der Waals surface area contributed by atoms with E-state index in [1.54, 1.807) is 18.2 Å². The van der Waals surface area contributed by atoms with E-state index in [0.717, 1.165) is 5.56 Å². The van der Waals surface area contributed by atoms with Crippen molar-refractivity contribution in [1.29, 1.82) is 0 Å². The van der Waals surface area contributed by atoms with Crippen LogP contribution in [0.4, 0.5) is 5.69 Å². The molecule has 0 aromatic heterocycles. The Morgan fingerprint density at radius 1 is 1.11 bits per heavy atom. The second-order valence-electron chi connectivity index (χ2n) is 4.17. The van der Waals surface area contributed by atoms with Gasteiger partial charge in [0.05, 0.1) is 12.1 Å². The summed E-state index contributed by atoms with van der Waals surface area (Å²) in [6.45, 7) is 0.404. The van der Waals surface area contributed by atoms with Crippen molar-refractivity contribution in [3.8, 4) is 5.75 Å². The summed E-state index contributed by atoms with van der Waals surface area (Å²) in [6, 6.07) is 14.9. The minimum atomic E-state index is -0.910. The minimum absolute atomic E-state index is 0.103. The van der Waals surface area contributed by atoms with E-state index in [1.807, 2.05) is 30.3 Å². The highest BCUT2D eigenvalue weighted by Crippen LogP contribution is 2.26. The van der Waals surface area contributed by atoms with Crippen molar-refractivity contribution in [2.45, 2.75) is 13.0 Å². The number of nitrogen functional groups attached to an aromatic ring is 1. The first-order chi connectivity index (χ1) is 9.16. The molecule has 98 valence electrons. The standard InChI is InChI=1S/C15H15NO3/c16-15-12(9-14(17)18)7-4-8-13(15)19-10-11-5-2-1-3-6-11/h1-8H,9-10,16H2,(H,17,18). The molecule has 0 atom stereocenters. The van der Waals surface area contributed by atoms with Gasteiger partial charge in [-0.2, -0.15) is 0 Å². The first-order valence-corrected chi connectivity index (χ1v) is 5.92. The SMILES string of the molecule is Nc1c(CC(=O)O)cccc1OCc1ccccc1. The Labute approximate surface area is 111 Å². The first-order valence-electron chi connectivity index (χ1n) is 5.92. The zero-order chi connectivity index (χ0) is 13.7. The van der Waals surface area contributed by atoms with Crippen molar-refractivity contribution in [1.82, 2.24) is 0 Å². The molecule has 0 bridgehead atoms. The van der Waals surface area contributed by atoms with Crippen LogP contribution >= 0.6 is 0 Å². The molecule has 0 heterocycles. The van der Waals surface area contributed by atoms with E-state index >= 15 is 0 Å². The summed E-state index contributed by atoms with van der Waals surface area (Å²) < 4.78 is 5.63. The number of carbonyl (C=O) groups is 1. The quantitative estimate of drug-likeness (QED) is 0.807. The van der Waals surface area contributed by atoms with Crippen molar-refractivity contribution in [2.24, 2.45) is 0 Å². The van der Waals surface area contributed by atoms with Crippen LogP contribution in [0.2, 0.25) is 0 Å². The lowest BCUT2D eigenvalue weighted by Crippen LogP contribution is -2.06. The molecule has 3 N–H and O–H groups in total. The van der Waals surface area contributed by atoms with Crippen LogP contribution in [0.3, 0.4) is 0 Å². The Bertz CT molecular complexity index is 567. The third-order valence-electron chi connectivity index (χ3n) is 2.74. The van der Waals surface area contributed by atoms with Crippen LogP contribution in [-0.4, -0.2) is 11.1 Å².